The Bertz CT molecular complexity index is 622. The van der Waals surface area contributed by atoms with Gasteiger partial charge in [-0.15, -0.1) is 35.7 Å². The molecule has 0 amide bonds. The molecule has 1 aromatic heterocycles. The second-order valence-corrected chi connectivity index (χ2v) is 6.09. The summed E-state index contributed by atoms with van der Waals surface area (Å²) in [5, 5.41) is 3.41. The predicted octanol–water partition coefficient (Wildman–Crippen LogP) is 3.57. The van der Waals surface area contributed by atoms with Crippen molar-refractivity contribution in [3.8, 4) is 0 Å². The maximum atomic E-state index is 4.37. The van der Waals surface area contributed by atoms with Gasteiger partial charge in [-0.25, -0.2) is 0 Å². The van der Waals surface area contributed by atoms with Crippen LogP contribution in [-0.4, -0.2) is 35.8 Å². The lowest BCUT2D eigenvalue weighted by atomic mass is 10.2. The number of nitrogens with one attached hydrogen (secondary N) is 1. The van der Waals surface area contributed by atoms with Gasteiger partial charge in [0.2, 0.25) is 0 Å². The Balaban J connectivity index is 0.00000264. The topological polar surface area (TPSA) is 32.6 Å². The molecule has 0 aliphatic rings. The molecule has 1 N–H and O–H groups in total. The fourth-order valence-electron chi connectivity index (χ4n) is 2.29. The van der Waals surface area contributed by atoms with Crippen LogP contribution in [0.25, 0.3) is 0 Å². The van der Waals surface area contributed by atoms with E-state index in [2.05, 4.69) is 82.7 Å². The number of nitrogens with zero attached hydrogens (tertiary/aromatic N) is 3. The zero-order valence-corrected chi connectivity index (χ0v) is 17.3. The molecule has 0 saturated carbocycles. The molecule has 0 aliphatic heterocycles. The molecule has 0 fully saturated rings. The van der Waals surface area contributed by atoms with E-state index in [1.807, 2.05) is 7.05 Å². The summed E-state index contributed by atoms with van der Waals surface area (Å²) < 4.78 is 2.13. The summed E-state index contributed by atoms with van der Waals surface area (Å²) in [7, 11) is 5.94. The number of guanidine groups is 1. The number of aliphatic imine (C=N–C) groups is 1. The van der Waals surface area contributed by atoms with Crippen LogP contribution >= 0.6 is 35.7 Å². The summed E-state index contributed by atoms with van der Waals surface area (Å²) in [4.78, 5) is 7.78. The van der Waals surface area contributed by atoms with E-state index >= 15 is 0 Å². The molecule has 6 heteroatoms. The van der Waals surface area contributed by atoms with Gasteiger partial charge in [-0.1, -0.05) is 12.1 Å². The first-order valence-electron chi connectivity index (χ1n) is 7.29. The van der Waals surface area contributed by atoms with Crippen molar-refractivity contribution in [2.75, 3.05) is 20.4 Å². The van der Waals surface area contributed by atoms with E-state index < -0.39 is 0 Å². The highest BCUT2D eigenvalue weighted by Crippen LogP contribution is 2.14. The quantitative estimate of drug-likeness (QED) is 0.331. The minimum Gasteiger partial charge on any atom is -0.353 e. The first-order valence-corrected chi connectivity index (χ1v) is 8.51. The second kappa shape index (κ2) is 9.87. The van der Waals surface area contributed by atoms with E-state index in [1.165, 1.54) is 16.2 Å². The normalized spacial score (nSPS) is 11.0. The summed E-state index contributed by atoms with van der Waals surface area (Å²) in [6, 6.07) is 12.8. The molecular formula is C17H25IN4S. The lowest BCUT2D eigenvalue weighted by molar-refractivity contribution is 0.461. The number of hydrogen-bond acceptors (Lipinski definition) is 2. The van der Waals surface area contributed by atoms with Crippen molar-refractivity contribution in [1.29, 1.82) is 0 Å². The van der Waals surface area contributed by atoms with Gasteiger partial charge >= 0.3 is 0 Å². The van der Waals surface area contributed by atoms with Crippen LogP contribution in [0.5, 0.6) is 0 Å². The first-order chi connectivity index (χ1) is 10.6. The average Bonchev–Trinajstić information content (AvgIpc) is 2.93. The fourth-order valence-corrected chi connectivity index (χ4v) is 2.70. The molecule has 2 aromatic rings. The van der Waals surface area contributed by atoms with E-state index in [9.17, 15) is 0 Å². The number of thioether (sulfide) groups is 1. The van der Waals surface area contributed by atoms with E-state index in [0.29, 0.717) is 0 Å². The Morgan fingerprint density at radius 2 is 1.96 bits per heavy atom. The van der Waals surface area contributed by atoms with Crippen molar-refractivity contribution in [2.24, 2.45) is 12.0 Å². The highest BCUT2D eigenvalue weighted by atomic mass is 127. The second-order valence-electron chi connectivity index (χ2n) is 5.22. The van der Waals surface area contributed by atoms with Crippen LogP contribution < -0.4 is 5.32 Å². The summed E-state index contributed by atoms with van der Waals surface area (Å²) in [5.41, 5.74) is 2.51. The lowest BCUT2D eigenvalue weighted by Crippen LogP contribution is -2.38. The van der Waals surface area contributed by atoms with Gasteiger partial charge in [0, 0.05) is 44.5 Å². The number of hydrogen-bond donors (Lipinski definition) is 1. The Kier molecular flexibility index (Phi) is 8.54. The van der Waals surface area contributed by atoms with Crippen molar-refractivity contribution in [1.82, 2.24) is 14.8 Å². The zero-order chi connectivity index (χ0) is 15.9. The van der Waals surface area contributed by atoms with E-state index in [1.54, 1.807) is 11.8 Å². The van der Waals surface area contributed by atoms with E-state index in [4.69, 9.17) is 0 Å². The lowest BCUT2D eigenvalue weighted by Gasteiger charge is -2.22. The summed E-state index contributed by atoms with van der Waals surface area (Å²) in [5.74, 6) is 0.898. The van der Waals surface area contributed by atoms with E-state index in [0.717, 1.165) is 19.0 Å². The standard InChI is InChI=1S/C17H24N4S.HI/c1-18-17(21(3)13-15-6-5-11-20(15)2)19-12-14-7-9-16(22-4)10-8-14;/h5-11H,12-13H2,1-4H3,(H,18,19);1H. The Labute approximate surface area is 160 Å². The molecule has 0 bridgehead atoms. The molecule has 4 nitrogen and oxygen atoms in total. The molecule has 1 aromatic carbocycles. The average molecular weight is 444 g/mol. The van der Waals surface area contributed by atoms with Gasteiger partial charge in [0.1, 0.15) is 0 Å². The summed E-state index contributed by atoms with van der Waals surface area (Å²) in [6.45, 7) is 1.60. The number of benzene rings is 1. The van der Waals surface area contributed by atoms with Crippen LogP contribution in [0.1, 0.15) is 11.3 Å². The van der Waals surface area contributed by atoms with Crippen molar-refractivity contribution < 1.29 is 0 Å². The van der Waals surface area contributed by atoms with Crippen molar-refractivity contribution in [3.05, 3.63) is 53.9 Å². The first kappa shape index (κ1) is 19.9. The minimum atomic E-state index is 0. The molecule has 2 rings (SSSR count). The molecule has 1 heterocycles. The zero-order valence-electron chi connectivity index (χ0n) is 14.1. The van der Waals surface area contributed by atoms with Gasteiger partial charge in [-0.2, -0.15) is 0 Å². The molecule has 0 saturated heterocycles. The molecule has 0 radical (unpaired) electrons. The molecular weight excluding hydrogens is 419 g/mol. The van der Waals surface area contributed by atoms with Crippen LogP contribution in [0, 0.1) is 0 Å². The highest BCUT2D eigenvalue weighted by Gasteiger charge is 2.08. The number of halogens is 1. The Hall–Kier alpha value is -1.15. The van der Waals surface area contributed by atoms with Crippen molar-refractivity contribution in [2.45, 2.75) is 18.0 Å². The number of aryl methyl sites for hydroxylation is 1. The molecule has 0 unspecified atom stereocenters. The third-order valence-electron chi connectivity index (χ3n) is 3.63. The van der Waals surface area contributed by atoms with Gasteiger partial charge in [0.05, 0.1) is 6.54 Å². The molecule has 126 valence electrons. The van der Waals surface area contributed by atoms with Crippen molar-refractivity contribution in [3.63, 3.8) is 0 Å². The third kappa shape index (κ3) is 5.76. The van der Waals surface area contributed by atoms with Gasteiger partial charge < -0.3 is 14.8 Å². The van der Waals surface area contributed by atoms with Crippen LogP contribution in [0.4, 0.5) is 0 Å². The number of aromatic nitrogens is 1. The van der Waals surface area contributed by atoms with E-state index in [-0.39, 0.29) is 24.0 Å². The minimum absolute atomic E-state index is 0. The van der Waals surface area contributed by atoms with Gasteiger partial charge in [0.25, 0.3) is 0 Å². The summed E-state index contributed by atoms with van der Waals surface area (Å²) in [6.07, 6.45) is 4.15. The van der Waals surface area contributed by atoms with Gasteiger partial charge in [-0.3, -0.25) is 4.99 Å². The monoisotopic (exact) mass is 444 g/mol. The maximum Gasteiger partial charge on any atom is 0.194 e. The molecule has 23 heavy (non-hydrogen) atoms. The fraction of sp³-hybridized carbons (Fsp3) is 0.353. The summed E-state index contributed by atoms with van der Waals surface area (Å²) >= 11 is 1.76. The Morgan fingerprint density at radius 1 is 1.26 bits per heavy atom. The van der Waals surface area contributed by atoms with Crippen molar-refractivity contribution >= 4 is 41.7 Å². The van der Waals surface area contributed by atoms with Crippen LogP contribution in [-0.2, 0) is 20.1 Å². The van der Waals surface area contributed by atoms with Gasteiger partial charge in [-0.05, 0) is 36.1 Å². The molecule has 0 spiro atoms. The largest absolute Gasteiger partial charge is 0.353 e. The predicted molar refractivity (Wildman–Crippen MR) is 111 cm³/mol. The smallest absolute Gasteiger partial charge is 0.194 e. The number of rotatable bonds is 5. The Morgan fingerprint density at radius 3 is 2.48 bits per heavy atom. The van der Waals surface area contributed by atoms with Crippen LogP contribution in [0.15, 0.2) is 52.5 Å². The SMILES string of the molecule is CN=C(NCc1ccc(SC)cc1)N(C)Cc1cccn1C.I. The van der Waals surface area contributed by atoms with Gasteiger partial charge in [0.15, 0.2) is 5.96 Å². The third-order valence-corrected chi connectivity index (χ3v) is 4.38. The highest BCUT2D eigenvalue weighted by molar-refractivity contribution is 14.0. The maximum absolute atomic E-state index is 4.37. The van der Waals surface area contributed by atoms with Crippen LogP contribution in [0.2, 0.25) is 0 Å². The van der Waals surface area contributed by atoms with Crippen LogP contribution in [0.3, 0.4) is 0 Å². The molecule has 0 aliphatic carbocycles. The molecule has 0 atom stereocenters.